The largest absolute Gasteiger partial charge is 0.508 e. The molecule has 0 bridgehead atoms. The zero-order valence-electron chi connectivity index (χ0n) is 15.9. The molecule has 148 valence electrons. The summed E-state index contributed by atoms with van der Waals surface area (Å²) in [5, 5.41) is 12.5. The van der Waals surface area contributed by atoms with Gasteiger partial charge < -0.3 is 16.2 Å². The lowest BCUT2D eigenvalue weighted by molar-refractivity contribution is -0.118. The highest BCUT2D eigenvalue weighted by Gasteiger charge is 2.24. The number of carbonyl (C=O) groups excluding carboxylic acids is 2. The van der Waals surface area contributed by atoms with Crippen LogP contribution >= 0.6 is 0 Å². The van der Waals surface area contributed by atoms with Crippen LogP contribution in [0.4, 0.5) is 5.69 Å². The number of piperidine rings is 1. The number of anilines is 1. The molecule has 2 aromatic rings. The maximum absolute atomic E-state index is 12.5. The van der Waals surface area contributed by atoms with Crippen LogP contribution < -0.4 is 11.1 Å². The zero-order chi connectivity index (χ0) is 19.9. The van der Waals surface area contributed by atoms with E-state index in [-0.39, 0.29) is 5.91 Å². The second-order valence-corrected chi connectivity index (χ2v) is 7.32. The van der Waals surface area contributed by atoms with E-state index in [4.69, 9.17) is 5.73 Å². The number of aryl methyl sites for hydroxylation is 1. The van der Waals surface area contributed by atoms with Crippen molar-refractivity contribution < 1.29 is 14.7 Å². The number of benzene rings is 2. The summed E-state index contributed by atoms with van der Waals surface area (Å²) in [6.07, 6.45) is 5.20. The summed E-state index contributed by atoms with van der Waals surface area (Å²) in [6.45, 7) is 1.26. The number of likely N-dealkylation sites (tertiary alicyclic amines) is 1. The number of primary amides is 1. The smallest absolute Gasteiger partial charge is 0.248 e. The maximum Gasteiger partial charge on any atom is 0.248 e. The number of hydrogen-bond acceptors (Lipinski definition) is 4. The number of phenolic OH excluding ortho intramolecular Hbond substituents is 1. The number of phenols is 1. The van der Waals surface area contributed by atoms with Crippen LogP contribution in [0.3, 0.4) is 0 Å². The van der Waals surface area contributed by atoms with E-state index in [1.165, 1.54) is 6.42 Å². The fourth-order valence-corrected chi connectivity index (χ4v) is 3.74. The van der Waals surface area contributed by atoms with Gasteiger partial charge in [0, 0.05) is 17.3 Å². The Hall–Kier alpha value is -2.86. The molecule has 1 aliphatic heterocycles. The summed E-state index contributed by atoms with van der Waals surface area (Å²) in [6, 6.07) is 14.3. The summed E-state index contributed by atoms with van der Waals surface area (Å²) in [7, 11) is 0. The third kappa shape index (κ3) is 5.57. The van der Waals surface area contributed by atoms with Gasteiger partial charge in [-0.2, -0.15) is 0 Å². The van der Waals surface area contributed by atoms with Gasteiger partial charge in [-0.15, -0.1) is 0 Å². The predicted molar refractivity (Wildman–Crippen MR) is 109 cm³/mol. The average molecular weight is 381 g/mol. The van der Waals surface area contributed by atoms with Crippen LogP contribution in [0.1, 0.15) is 41.6 Å². The maximum atomic E-state index is 12.5. The van der Waals surface area contributed by atoms with Gasteiger partial charge in [0.15, 0.2) is 0 Å². The molecule has 2 aromatic carbocycles. The van der Waals surface area contributed by atoms with Gasteiger partial charge in [0.2, 0.25) is 11.8 Å². The first kappa shape index (κ1) is 19.9. The van der Waals surface area contributed by atoms with Crippen molar-refractivity contribution in [2.24, 2.45) is 5.73 Å². The third-order valence-electron chi connectivity index (χ3n) is 5.23. The molecule has 0 aliphatic carbocycles. The Morgan fingerprint density at radius 3 is 2.64 bits per heavy atom. The van der Waals surface area contributed by atoms with Gasteiger partial charge in [-0.25, -0.2) is 0 Å². The molecule has 1 heterocycles. The summed E-state index contributed by atoms with van der Waals surface area (Å²) in [5.74, 6) is -0.253. The fourth-order valence-electron chi connectivity index (χ4n) is 3.74. The Kier molecular flexibility index (Phi) is 6.66. The van der Waals surface area contributed by atoms with E-state index >= 15 is 0 Å². The average Bonchev–Trinajstić information content (AvgIpc) is 2.68. The number of nitrogens with two attached hydrogens (primary N) is 1. The molecule has 1 saturated heterocycles. The number of rotatable bonds is 7. The van der Waals surface area contributed by atoms with Crippen LogP contribution in [0.15, 0.2) is 48.5 Å². The van der Waals surface area contributed by atoms with E-state index in [0.717, 1.165) is 37.8 Å². The minimum absolute atomic E-state index is 0.0592. The van der Waals surface area contributed by atoms with Crippen molar-refractivity contribution in [1.82, 2.24) is 4.90 Å². The molecule has 6 heteroatoms. The van der Waals surface area contributed by atoms with Crippen LogP contribution in [0, 0.1) is 0 Å². The van der Waals surface area contributed by atoms with E-state index < -0.39 is 5.91 Å². The number of amides is 2. The summed E-state index contributed by atoms with van der Waals surface area (Å²) in [4.78, 5) is 25.9. The first-order valence-electron chi connectivity index (χ1n) is 9.73. The molecule has 0 aromatic heterocycles. The second-order valence-electron chi connectivity index (χ2n) is 7.32. The molecule has 3 rings (SSSR count). The first-order chi connectivity index (χ1) is 13.5. The molecule has 0 saturated carbocycles. The van der Waals surface area contributed by atoms with Crippen LogP contribution in [-0.4, -0.2) is 41.0 Å². The minimum Gasteiger partial charge on any atom is -0.508 e. The van der Waals surface area contributed by atoms with E-state index in [0.29, 0.717) is 29.6 Å². The van der Waals surface area contributed by atoms with Crippen LogP contribution in [0.2, 0.25) is 0 Å². The Balaban J connectivity index is 1.54. The Labute approximate surface area is 165 Å². The van der Waals surface area contributed by atoms with Crippen molar-refractivity contribution in [3.8, 4) is 5.75 Å². The molecular formula is C22H27N3O3. The molecule has 28 heavy (non-hydrogen) atoms. The molecular weight excluding hydrogens is 354 g/mol. The lowest BCUT2D eigenvalue weighted by atomic mass is 9.95. The Morgan fingerprint density at radius 2 is 1.93 bits per heavy atom. The van der Waals surface area contributed by atoms with Crippen LogP contribution in [0.25, 0.3) is 0 Å². The van der Waals surface area contributed by atoms with Gasteiger partial charge in [-0.3, -0.25) is 14.5 Å². The van der Waals surface area contributed by atoms with Crippen molar-refractivity contribution >= 4 is 17.5 Å². The minimum atomic E-state index is -0.485. The van der Waals surface area contributed by atoms with Gasteiger partial charge in [-0.1, -0.05) is 18.6 Å². The standard InChI is InChI=1S/C22H27N3O3/c23-22(28)17-8-10-18(11-9-17)24-21(27)15-25-13-2-1-5-19(25)12-7-16-4-3-6-20(26)14-16/h3-4,6,8-11,14,19,26H,1-2,5,7,12-13,15H2,(H2,23,28)(H,24,27). The van der Waals surface area contributed by atoms with E-state index in [1.807, 2.05) is 12.1 Å². The molecule has 1 unspecified atom stereocenters. The van der Waals surface area contributed by atoms with Gasteiger partial charge in [0.25, 0.3) is 0 Å². The second kappa shape index (κ2) is 9.37. The number of nitrogens with zero attached hydrogens (tertiary/aromatic N) is 1. The zero-order valence-corrected chi connectivity index (χ0v) is 15.9. The van der Waals surface area contributed by atoms with Gasteiger partial charge in [-0.05, 0) is 74.2 Å². The fraction of sp³-hybridized carbons (Fsp3) is 0.364. The monoisotopic (exact) mass is 381 g/mol. The van der Waals surface area contributed by atoms with Crippen molar-refractivity contribution in [2.75, 3.05) is 18.4 Å². The predicted octanol–water partition coefficient (Wildman–Crippen LogP) is 2.92. The molecule has 1 aliphatic rings. The normalized spacial score (nSPS) is 17.2. The topological polar surface area (TPSA) is 95.7 Å². The molecule has 1 fully saturated rings. The SMILES string of the molecule is NC(=O)c1ccc(NC(=O)CN2CCCCC2CCc2cccc(O)c2)cc1. The van der Waals surface area contributed by atoms with E-state index in [2.05, 4.69) is 10.2 Å². The summed E-state index contributed by atoms with van der Waals surface area (Å²) < 4.78 is 0. The molecule has 0 spiro atoms. The van der Waals surface area contributed by atoms with Gasteiger partial charge in [0.1, 0.15) is 5.75 Å². The summed E-state index contributed by atoms with van der Waals surface area (Å²) >= 11 is 0. The highest BCUT2D eigenvalue weighted by Crippen LogP contribution is 2.22. The molecule has 0 radical (unpaired) electrons. The Bertz CT molecular complexity index is 820. The molecule has 4 N–H and O–H groups in total. The number of hydrogen-bond donors (Lipinski definition) is 3. The van der Waals surface area contributed by atoms with E-state index in [9.17, 15) is 14.7 Å². The van der Waals surface area contributed by atoms with Gasteiger partial charge >= 0.3 is 0 Å². The Morgan fingerprint density at radius 1 is 1.14 bits per heavy atom. The van der Waals surface area contributed by atoms with Crippen LogP contribution in [-0.2, 0) is 11.2 Å². The van der Waals surface area contributed by atoms with Gasteiger partial charge in [0.05, 0.1) is 6.54 Å². The third-order valence-corrected chi connectivity index (χ3v) is 5.23. The summed E-state index contributed by atoms with van der Waals surface area (Å²) in [5.41, 5.74) is 7.42. The lowest BCUT2D eigenvalue weighted by Gasteiger charge is -2.35. The van der Waals surface area contributed by atoms with Crippen molar-refractivity contribution in [3.05, 3.63) is 59.7 Å². The van der Waals surface area contributed by atoms with E-state index in [1.54, 1.807) is 36.4 Å². The van der Waals surface area contributed by atoms with Crippen molar-refractivity contribution in [3.63, 3.8) is 0 Å². The number of carbonyl (C=O) groups is 2. The number of nitrogens with one attached hydrogen (secondary N) is 1. The van der Waals surface area contributed by atoms with Crippen molar-refractivity contribution in [1.29, 1.82) is 0 Å². The molecule has 2 amide bonds. The molecule has 6 nitrogen and oxygen atoms in total. The first-order valence-corrected chi connectivity index (χ1v) is 9.73. The lowest BCUT2D eigenvalue weighted by Crippen LogP contribution is -2.44. The quantitative estimate of drug-likeness (QED) is 0.687. The number of aromatic hydroxyl groups is 1. The van der Waals surface area contributed by atoms with Crippen LogP contribution in [0.5, 0.6) is 5.75 Å². The van der Waals surface area contributed by atoms with Crippen molar-refractivity contribution in [2.45, 2.75) is 38.1 Å². The highest BCUT2D eigenvalue weighted by atomic mass is 16.3. The highest BCUT2D eigenvalue weighted by molar-refractivity contribution is 5.95. The molecule has 1 atom stereocenters.